The standard InChI is InChI=1S/C24H27N3O3/c1-13(2)20-21(22(28)19-8-14(3)7-15(4)9-19)27(24(30)26-23(20)29)12-18-10-16(5)25-17(6)11-18/h7-11,13H,12H2,1-6H3,(H,26,29,30). The lowest BCUT2D eigenvalue weighted by Crippen LogP contribution is -2.38. The minimum Gasteiger partial charge on any atom is -0.287 e. The van der Waals surface area contributed by atoms with Crippen LogP contribution in [-0.2, 0) is 6.54 Å². The Labute approximate surface area is 175 Å². The fraction of sp³-hybridized carbons (Fsp3) is 0.333. The molecule has 0 aliphatic heterocycles. The lowest BCUT2D eigenvalue weighted by atomic mass is 9.95. The van der Waals surface area contributed by atoms with Crippen LogP contribution in [0.2, 0.25) is 0 Å². The maximum Gasteiger partial charge on any atom is 0.329 e. The summed E-state index contributed by atoms with van der Waals surface area (Å²) in [5.74, 6) is -0.553. The largest absolute Gasteiger partial charge is 0.329 e. The summed E-state index contributed by atoms with van der Waals surface area (Å²) < 4.78 is 1.38. The van der Waals surface area contributed by atoms with E-state index in [0.717, 1.165) is 28.1 Å². The molecular weight excluding hydrogens is 378 g/mol. The number of aromatic nitrogens is 3. The van der Waals surface area contributed by atoms with Crippen molar-refractivity contribution in [3.8, 4) is 0 Å². The van der Waals surface area contributed by atoms with Crippen LogP contribution in [0.5, 0.6) is 0 Å². The van der Waals surface area contributed by atoms with Gasteiger partial charge in [-0.2, -0.15) is 0 Å². The van der Waals surface area contributed by atoms with E-state index in [1.165, 1.54) is 4.57 Å². The number of H-pyrrole nitrogens is 1. The second-order valence-corrected chi connectivity index (χ2v) is 8.23. The average Bonchev–Trinajstić information content (AvgIpc) is 2.61. The number of ketones is 1. The highest BCUT2D eigenvalue weighted by Gasteiger charge is 2.25. The monoisotopic (exact) mass is 405 g/mol. The zero-order valence-corrected chi connectivity index (χ0v) is 18.3. The predicted octanol–water partition coefficient (Wildman–Crippen LogP) is 3.57. The van der Waals surface area contributed by atoms with E-state index < -0.39 is 11.2 Å². The van der Waals surface area contributed by atoms with Crippen molar-refractivity contribution in [2.45, 2.75) is 54.0 Å². The number of pyridine rings is 1. The molecule has 2 heterocycles. The SMILES string of the molecule is Cc1cc(C)cc(C(=O)c2c(C(C)C)c(=O)[nH]c(=O)n2Cc2cc(C)nc(C)c2)c1. The first-order valence-electron chi connectivity index (χ1n) is 10.0. The van der Waals surface area contributed by atoms with Crippen molar-refractivity contribution in [1.29, 1.82) is 0 Å². The van der Waals surface area contributed by atoms with E-state index in [2.05, 4.69) is 9.97 Å². The first-order valence-corrected chi connectivity index (χ1v) is 10.0. The molecule has 6 heteroatoms. The molecule has 6 nitrogen and oxygen atoms in total. The van der Waals surface area contributed by atoms with Crippen molar-refractivity contribution in [2.75, 3.05) is 0 Å². The van der Waals surface area contributed by atoms with Crippen molar-refractivity contribution < 1.29 is 4.79 Å². The highest BCUT2D eigenvalue weighted by molar-refractivity contribution is 6.09. The molecule has 1 N–H and O–H groups in total. The highest BCUT2D eigenvalue weighted by Crippen LogP contribution is 2.20. The van der Waals surface area contributed by atoms with Crippen LogP contribution < -0.4 is 11.2 Å². The summed E-state index contributed by atoms with van der Waals surface area (Å²) in [6, 6.07) is 9.31. The Balaban J connectivity index is 2.29. The van der Waals surface area contributed by atoms with E-state index in [1.807, 2.05) is 59.7 Å². The Morgan fingerprint density at radius 2 is 1.53 bits per heavy atom. The van der Waals surface area contributed by atoms with Gasteiger partial charge >= 0.3 is 5.69 Å². The Morgan fingerprint density at radius 3 is 2.07 bits per heavy atom. The second kappa shape index (κ2) is 8.22. The van der Waals surface area contributed by atoms with Crippen molar-refractivity contribution in [1.82, 2.24) is 14.5 Å². The summed E-state index contributed by atoms with van der Waals surface area (Å²) in [4.78, 5) is 45.8. The summed E-state index contributed by atoms with van der Waals surface area (Å²) >= 11 is 0. The molecule has 0 atom stereocenters. The molecule has 156 valence electrons. The molecule has 0 saturated carbocycles. The summed E-state index contributed by atoms with van der Waals surface area (Å²) in [5.41, 5.74) is 4.23. The first kappa shape index (κ1) is 21.4. The van der Waals surface area contributed by atoms with Crippen LogP contribution in [0.4, 0.5) is 0 Å². The summed E-state index contributed by atoms with van der Waals surface area (Å²) in [5, 5.41) is 0. The molecule has 0 amide bonds. The third kappa shape index (κ3) is 4.32. The summed E-state index contributed by atoms with van der Waals surface area (Å²) in [6.45, 7) is 11.5. The lowest BCUT2D eigenvalue weighted by Gasteiger charge is -2.18. The van der Waals surface area contributed by atoms with Crippen LogP contribution in [0.25, 0.3) is 0 Å². The van der Waals surface area contributed by atoms with Gasteiger partial charge in [-0.1, -0.05) is 31.0 Å². The van der Waals surface area contributed by atoms with Gasteiger partial charge in [0.05, 0.1) is 6.54 Å². The van der Waals surface area contributed by atoms with Gasteiger partial charge in [-0.3, -0.25) is 24.1 Å². The number of carbonyl (C=O) groups excluding carboxylic acids is 1. The molecule has 0 saturated heterocycles. The molecule has 0 aliphatic rings. The second-order valence-electron chi connectivity index (χ2n) is 8.23. The van der Waals surface area contributed by atoms with Crippen LogP contribution in [0.3, 0.4) is 0 Å². The van der Waals surface area contributed by atoms with Gasteiger partial charge in [0, 0.05) is 22.5 Å². The predicted molar refractivity (Wildman–Crippen MR) is 118 cm³/mol. The van der Waals surface area contributed by atoms with E-state index in [9.17, 15) is 14.4 Å². The minimum atomic E-state index is -0.593. The molecule has 1 aromatic carbocycles. The Kier molecular flexibility index (Phi) is 5.87. The van der Waals surface area contributed by atoms with Crippen molar-refractivity contribution in [3.05, 3.63) is 96.1 Å². The van der Waals surface area contributed by atoms with Gasteiger partial charge in [-0.15, -0.1) is 0 Å². The number of aryl methyl sites for hydroxylation is 4. The maximum atomic E-state index is 13.6. The number of carbonyl (C=O) groups is 1. The van der Waals surface area contributed by atoms with Gasteiger partial charge in [0.2, 0.25) is 5.78 Å². The smallest absolute Gasteiger partial charge is 0.287 e. The highest BCUT2D eigenvalue weighted by atomic mass is 16.2. The van der Waals surface area contributed by atoms with Crippen LogP contribution >= 0.6 is 0 Å². The first-order chi connectivity index (χ1) is 14.1. The number of aromatic amines is 1. The number of hydrogen-bond acceptors (Lipinski definition) is 4. The van der Waals surface area contributed by atoms with Gasteiger partial charge in [-0.25, -0.2) is 4.79 Å². The van der Waals surface area contributed by atoms with Crippen molar-refractivity contribution >= 4 is 5.78 Å². The van der Waals surface area contributed by atoms with Crippen LogP contribution in [0.1, 0.15) is 69.5 Å². The van der Waals surface area contributed by atoms with Gasteiger partial charge < -0.3 is 0 Å². The molecule has 2 aromatic heterocycles. The Hall–Kier alpha value is -3.28. The third-order valence-corrected chi connectivity index (χ3v) is 4.99. The normalized spacial score (nSPS) is 11.2. The van der Waals surface area contributed by atoms with E-state index in [-0.39, 0.29) is 23.9 Å². The Bertz CT molecular complexity index is 1210. The molecule has 0 radical (unpaired) electrons. The van der Waals surface area contributed by atoms with Crippen LogP contribution in [0.15, 0.2) is 39.9 Å². The lowest BCUT2D eigenvalue weighted by molar-refractivity contribution is 0.102. The van der Waals surface area contributed by atoms with Crippen molar-refractivity contribution in [2.24, 2.45) is 0 Å². The number of nitrogens with one attached hydrogen (secondary N) is 1. The zero-order valence-electron chi connectivity index (χ0n) is 18.3. The molecular formula is C24H27N3O3. The van der Waals surface area contributed by atoms with E-state index >= 15 is 0 Å². The summed E-state index contributed by atoms with van der Waals surface area (Å²) in [6.07, 6.45) is 0. The number of hydrogen-bond donors (Lipinski definition) is 1. The quantitative estimate of drug-likeness (QED) is 0.658. The van der Waals surface area contributed by atoms with Gasteiger partial charge in [0.25, 0.3) is 5.56 Å². The molecule has 0 unspecified atom stereocenters. The molecule has 3 rings (SSSR count). The maximum absolute atomic E-state index is 13.6. The number of rotatable bonds is 5. The van der Waals surface area contributed by atoms with Gasteiger partial charge in [0.15, 0.2) is 0 Å². The zero-order chi connectivity index (χ0) is 22.2. The topological polar surface area (TPSA) is 84.8 Å². The minimum absolute atomic E-state index is 0.149. The Morgan fingerprint density at radius 1 is 0.967 bits per heavy atom. The third-order valence-electron chi connectivity index (χ3n) is 4.99. The van der Waals surface area contributed by atoms with Crippen molar-refractivity contribution in [3.63, 3.8) is 0 Å². The van der Waals surface area contributed by atoms with Gasteiger partial charge in [0.1, 0.15) is 5.69 Å². The van der Waals surface area contributed by atoms with Crippen LogP contribution in [0, 0.1) is 27.7 Å². The molecule has 30 heavy (non-hydrogen) atoms. The fourth-order valence-electron chi connectivity index (χ4n) is 3.96. The molecule has 0 bridgehead atoms. The van der Waals surface area contributed by atoms with E-state index in [4.69, 9.17) is 0 Å². The number of nitrogens with zero attached hydrogens (tertiary/aromatic N) is 2. The van der Waals surface area contributed by atoms with E-state index in [1.54, 1.807) is 12.1 Å². The molecule has 0 fully saturated rings. The molecule has 0 spiro atoms. The van der Waals surface area contributed by atoms with Crippen LogP contribution in [-0.4, -0.2) is 20.3 Å². The average molecular weight is 405 g/mol. The van der Waals surface area contributed by atoms with E-state index in [0.29, 0.717) is 11.1 Å². The number of benzene rings is 1. The molecule has 3 aromatic rings. The van der Waals surface area contributed by atoms with Gasteiger partial charge in [-0.05, 0) is 63.4 Å². The fourth-order valence-corrected chi connectivity index (χ4v) is 3.96. The molecule has 0 aliphatic carbocycles. The summed E-state index contributed by atoms with van der Waals surface area (Å²) in [7, 11) is 0.